The molecule has 1 fully saturated rings. The van der Waals surface area contributed by atoms with E-state index in [0.717, 1.165) is 48.7 Å². The summed E-state index contributed by atoms with van der Waals surface area (Å²) < 4.78 is 13.0. The molecule has 2 aliphatic heterocycles. The zero-order valence-corrected chi connectivity index (χ0v) is 17.8. The molecule has 0 radical (unpaired) electrons. The summed E-state index contributed by atoms with van der Waals surface area (Å²) in [6.45, 7) is 2.45. The van der Waals surface area contributed by atoms with Crippen molar-refractivity contribution >= 4 is 11.7 Å². The Morgan fingerprint density at radius 2 is 2.03 bits per heavy atom. The van der Waals surface area contributed by atoms with E-state index in [1.807, 2.05) is 30.5 Å². The number of nitrogens with zero attached hydrogens (tertiary/aromatic N) is 5. The summed E-state index contributed by atoms with van der Waals surface area (Å²) in [6, 6.07) is 7.80. The molecule has 3 aromatic rings. The van der Waals surface area contributed by atoms with Crippen LogP contribution in [0.4, 0.5) is 5.82 Å². The smallest absolute Gasteiger partial charge is 0.236 e. The summed E-state index contributed by atoms with van der Waals surface area (Å²) in [5.74, 6) is 2.93. The van der Waals surface area contributed by atoms with Crippen LogP contribution in [-0.2, 0) is 11.3 Å². The van der Waals surface area contributed by atoms with Gasteiger partial charge in [0.1, 0.15) is 25.4 Å². The Kier molecular flexibility index (Phi) is 5.87. The number of hydrogen-bond donors (Lipinski definition) is 1. The molecule has 0 spiro atoms. The van der Waals surface area contributed by atoms with Gasteiger partial charge in [-0.25, -0.2) is 9.97 Å². The Balaban J connectivity index is 1.23. The van der Waals surface area contributed by atoms with Gasteiger partial charge in [-0.15, -0.1) is 0 Å². The molecule has 2 aromatic heterocycles. The molecule has 32 heavy (non-hydrogen) atoms. The molecule has 0 aliphatic carbocycles. The Morgan fingerprint density at radius 3 is 2.91 bits per heavy atom. The van der Waals surface area contributed by atoms with Crippen molar-refractivity contribution in [2.24, 2.45) is 0 Å². The summed E-state index contributed by atoms with van der Waals surface area (Å²) in [5.41, 5.74) is 0.990. The number of hydrogen-bond acceptors (Lipinski definition) is 7. The van der Waals surface area contributed by atoms with Crippen LogP contribution < -0.4 is 19.7 Å². The van der Waals surface area contributed by atoms with Gasteiger partial charge in [-0.2, -0.15) is 4.98 Å². The van der Waals surface area contributed by atoms with Crippen molar-refractivity contribution in [1.29, 1.82) is 0 Å². The Bertz CT molecular complexity index is 1070. The summed E-state index contributed by atoms with van der Waals surface area (Å²) in [5, 5.41) is 3.05. The third kappa shape index (κ3) is 4.51. The number of benzene rings is 1. The van der Waals surface area contributed by atoms with Gasteiger partial charge in [0.25, 0.3) is 0 Å². The van der Waals surface area contributed by atoms with Crippen LogP contribution in [0.5, 0.6) is 11.5 Å². The maximum absolute atomic E-state index is 12.8. The van der Waals surface area contributed by atoms with Crippen molar-refractivity contribution in [3.8, 4) is 17.4 Å². The summed E-state index contributed by atoms with van der Waals surface area (Å²) in [4.78, 5) is 28.1. The van der Waals surface area contributed by atoms with E-state index in [-0.39, 0.29) is 11.9 Å². The van der Waals surface area contributed by atoms with Gasteiger partial charge in [0.05, 0.1) is 0 Å². The van der Waals surface area contributed by atoms with Crippen molar-refractivity contribution in [2.75, 3.05) is 24.7 Å². The summed E-state index contributed by atoms with van der Waals surface area (Å²) in [7, 11) is 0. The lowest BCUT2D eigenvalue weighted by Crippen LogP contribution is -2.43. The molecule has 1 N–H and O–H groups in total. The zero-order chi connectivity index (χ0) is 21.8. The predicted molar refractivity (Wildman–Crippen MR) is 118 cm³/mol. The van der Waals surface area contributed by atoms with Crippen LogP contribution in [-0.4, -0.2) is 51.2 Å². The Labute approximate surface area is 186 Å². The monoisotopic (exact) mass is 434 g/mol. The Morgan fingerprint density at radius 1 is 1.12 bits per heavy atom. The average Bonchev–Trinajstić information content (AvgIpc) is 3.38. The average molecular weight is 435 g/mol. The molecule has 2 aliphatic rings. The number of nitrogens with one attached hydrogen (secondary N) is 1. The van der Waals surface area contributed by atoms with Gasteiger partial charge in [-0.1, -0.05) is 6.07 Å². The first-order valence-electron chi connectivity index (χ1n) is 11.0. The molecule has 0 bridgehead atoms. The van der Waals surface area contributed by atoms with E-state index >= 15 is 0 Å². The SMILES string of the molecule is O=C(CC1CCCCN1c1ccnc(-n2ccnc2)n1)NCc1ccc2c(c1)OCCO2. The first-order chi connectivity index (χ1) is 15.8. The van der Waals surface area contributed by atoms with Gasteiger partial charge < -0.3 is 19.7 Å². The van der Waals surface area contributed by atoms with Gasteiger partial charge in [0, 0.05) is 44.1 Å². The van der Waals surface area contributed by atoms with E-state index in [2.05, 4.69) is 20.2 Å². The largest absolute Gasteiger partial charge is 0.486 e. The minimum absolute atomic E-state index is 0.0284. The number of rotatable bonds is 6. The van der Waals surface area contributed by atoms with Crippen LogP contribution >= 0.6 is 0 Å². The number of piperidine rings is 1. The number of ether oxygens (including phenoxy) is 2. The second-order valence-corrected chi connectivity index (χ2v) is 7.99. The maximum atomic E-state index is 12.8. The highest BCUT2D eigenvalue weighted by molar-refractivity contribution is 5.77. The predicted octanol–water partition coefficient (Wildman–Crippen LogP) is 2.50. The number of carbonyl (C=O) groups is 1. The number of imidazole rings is 1. The third-order valence-electron chi connectivity index (χ3n) is 5.80. The molecule has 4 heterocycles. The summed E-state index contributed by atoms with van der Waals surface area (Å²) in [6.07, 6.45) is 10.5. The quantitative estimate of drug-likeness (QED) is 0.637. The standard InChI is InChI=1S/C23H26N6O3/c30-22(26-15-17-4-5-19-20(13-17)32-12-11-31-19)14-18-3-1-2-9-29(18)21-6-7-25-23(27-21)28-10-8-24-16-28/h4-8,10,13,16,18H,1-3,9,11-12,14-15H2,(H,26,30). The van der Waals surface area contributed by atoms with E-state index in [1.165, 1.54) is 0 Å². The molecule has 1 saturated heterocycles. The first kappa shape index (κ1) is 20.3. The lowest BCUT2D eigenvalue weighted by atomic mass is 9.99. The molecule has 1 unspecified atom stereocenters. The molecule has 1 amide bonds. The minimum Gasteiger partial charge on any atom is -0.486 e. The molecule has 1 atom stereocenters. The number of anilines is 1. The van der Waals surface area contributed by atoms with Crippen molar-refractivity contribution in [3.63, 3.8) is 0 Å². The zero-order valence-electron chi connectivity index (χ0n) is 17.8. The molecular weight excluding hydrogens is 408 g/mol. The van der Waals surface area contributed by atoms with E-state index < -0.39 is 0 Å². The van der Waals surface area contributed by atoms with Gasteiger partial charge >= 0.3 is 0 Å². The molecule has 9 nitrogen and oxygen atoms in total. The number of carbonyl (C=O) groups excluding carboxylic acids is 1. The van der Waals surface area contributed by atoms with E-state index in [9.17, 15) is 4.79 Å². The molecular formula is C23H26N6O3. The molecule has 1 aromatic carbocycles. The number of aromatic nitrogens is 4. The fraction of sp³-hybridized carbons (Fsp3) is 0.391. The van der Waals surface area contributed by atoms with Crippen LogP contribution in [0.1, 0.15) is 31.2 Å². The van der Waals surface area contributed by atoms with Gasteiger partial charge in [0.2, 0.25) is 11.9 Å². The van der Waals surface area contributed by atoms with Gasteiger partial charge in [0.15, 0.2) is 11.5 Å². The summed E-state index contributed by atoms with van der Waals surface area (Å²) >= 11 is 0. The van der Waals surface area contributed by atoms with Crippen LogP contribution in [0.25, 0.3) is 5.95 Å². The molecule has 5 rings (SSSR count). The van der Waals surface area contributed by atoms with E-state index in [0.29, 0.717) is 32.1 Å². The highest BCUT2D eigenvalue weighted by Gasteiger charge is 2.26. The highest BCUT2D eigenvalue weighted by Crippen LogP contribution is 2.31. The maximum Gasteiger partial charge on any atom is 0.236 e. The second-order valence-electron chi connectivity index (χ2n) is 7.99. The first-order valence-corrected chi connectivity index (χ1v) is 11.0. The minimum atomic E-state index is 0.0284. The van der Waals surface area contributed by atoms with Crippen LogP contribution in [0.3, 0.4) is 0 Å². The van der Waals surface area contributed by atoms with Crippen LogP contribution in [0.2, 0.25) is 0 Å². The van der Waals surface area contributed by atoms with Crippen molar-refractivity contribution < 1.29 is 14.3 Å². The van der Waals surface area contributed by atoms with Crippen molar-refractivity contribution in [3.05, 3.63) is 54.7 Å². The van der Waals surface area contributed by atoms with Crippen molar-refractivity contribution in [1.82, 2.24) is 24.8 Å². The lowest BCUT2D eigenvalue weighted by molar-refractivity contribution is -0.121. The number of amides is 1. The Hall–Kier alpha value is -3.62. The normalized spacial score (nSPS) is 17.8. The highest BCUT2D eigenvalue weighted by atomic mass is 16.6. The van der Waals surface area contributed by atoms with E-state index in [1.54, 1.807) is 23.3 Å². The molecule has 9 heteroatoms. The molecule has 0 saturated carbocycles. The van der Waals surface area contributed by atoms with Crippen LogP contribution in [0.15, 0.2) is 49.2 Å². The fourth-order valence-corrected chi connectivity index (χ4v) is 4.20. The van der Waals surface area contributed by atoms with Gasteiger partial charge in [-0.05, 0) is 43.0 Å². The van der Waals surface area contributed by atoms with Crippen LogP contribution in [0, 0.1) is 0 Å². The fourth-order valence-electron chi connectivity index (χ4n) is 4.20. The van der Waals surface area contributed by atoms with Crippen molar-refractivity contribution in [2.45, 2.75) is 38.3 Å². The third-order valence-corrected chi connectivity index (χ3v) is 5.80. The number of fused-ring (bicyclic) bond motifs is 1. The van der Waals surface area contributed by atoms with Gasteiger partial charge in [-0.3, -0.25) is 9.36 Å². The lowest BCUT2D eigenvalue weighted by Gasteiger charge is -2.36. The topological polar surface area (TPSA) is 94.4 Å². The second kappa shape index (κ2) is 9.25. The molecule has 166 valence electrons. The van der Waals surface area contributed by atoms with E-state index in [4.69, 9.17) is 14.5 Å².